The number of aromatic nitrogens is 2. The van der Waals surface area contributed by atoms with Gasteiger partial charge in [-0.1, -0.05) is 18.2 Å². The Morgan fingerprint density at radius 1 is 1.55 bits per heavy atom. The Hall–Kier alpha value is -1.09. The van der Waals surface area contributed by atoms with Crippen LogP contribution in [0.15, 0.2) is 25.2 Å². The molecule has 58 valence electrons. The monoisotopic (exact) mass is 169 g/mol. The zero-order valence-electron chi connectivity index (χ0n) is 5.92. The standard InChI is InChI=1S/C7H8ClN3/c1-2-9-5-6-7(8)11-4-3-10-6/h2-4,9H,1,5H2. The fourth-order valence-corrected chi connectivity index (χ4v) is 0.809. The highest BCUT2D eigenvalue weighted by atomic mass is 35.5. The molecule has 1 aromatic heterocycles. The summed E-state index contributed by atoms with van der Waals surface area (Å²) in [6.07, 6.45) is 4.75. The van der Waals surface area contributed by atoms with Crippen LogP contribution in [-0.4, -0.2) is 9.97 Å². The highest BCUT2D eigenvalue weighted by molar-refractivity contribution is 6.29. The number of hydrogen-bond donors (Lipinski definition) is 1. The van der Waals surface area contributed by atoms with Gasteiger partial charge in [-0.05, 0) is 6.20 Å². The number of rotatable bonds is 3. The number of nitrogens with one attached hydrogen (secondary N) is 1. The molecule has 0 fully saturated rings. The molecule has 3 nitrogen and oxygen atoms in total. The molecule has 0 amide bonds. The first-order valence-electron chi connectivity index (χ1n) is 3.14. The SMILES string of the molecule is C=CNCc1nccnc1Cl. The predicted octanol–water partition coefficient (Wildman–Crippen LogP) is 1.36. The normalized spacial score (nSPS) is 9.18. The van der Waals surface area contributed by atoms with Gasteiger partial charge in [0, 0.05) is 12.4 Å². The second kappa shape index (κ2) is 3.93. The van der Waals surface area contributed by atoms with E-state index in [0.717, 1.165) is 5.69 Å². The molecule has 1 rings (SSSR count). The maximum Gasteiger partial charge on any atom is 0.152 e. The molecule has 0 aliphatic rings. The van der Waals surface area contributed by atoms with Crippen LogP contribution in [0.4, 0.5) is 0 Å². The largest absolute Gasteiger partial charge is 0.386 e. The molecule has 0 atom stereocenters. The van der Waals surface area contributed by atoms with Crippen LogP contribution in [0.2, 0.25) is 5.15 Å². The molecular weight excluding hydrogens is 162 g/mol. The smallest absolute Gasteiger partial charge is 0.152 e. The zero-order chi connectivity index (χ0) is 8.10. The van der Waals surface area contributed by atoms with E-state index in [9.17, 15) is 0 Å². The Bertz CT molecular complexity index is 249. The Kier molecular flexibility index (Phi) is 2.86. The number of nitrogens with zero attached hydrogens (tertiary/aromatic N) is 2. The van der Waals surface area contributed by atoms with Crippen LogP contribution in [0.25, 0.3) is 0 Å². The summed E-state index contributed by atoms with van der Waals surface area (Å²) < 4.78 is 0. The van der Waals surface area contributed by atoms with Crippen LogP contribution in [0.1, 0.15) is 5.69 Å². The highest BCUT2D eigenvalue weighted by Crippen LogP contribution is 2.06. The van der Waals surface area contributed by atoms with Crippen molar-refractivity contribution in [1.29, 1.82) is 0 Å². The van der Waals surface area contributed by atoms with Crippen molar-refractivity contribution in [2.24, 2.45) is 0 Å². The minimum atomic E-state index is 0.432. The van der Waals surface area contributed by atoms with E-state index in [1.807, 2.05) is 0 Å². The molecule has 4 heteroatoms. The van der Waals surface area contributed by atoms with Crippen molar-refractivity contribution in [3.05, 3.63) is 36.0 Å². The van der Waals surface area contributed by atoms with Crippen molar-refractivity contribution in [3.8, 4) is 0 Å². The first-order chi connectivity index (χ1) is 5.34. The lowest BCUT2D eigenvalue weighted by molar-refractivity contribution is 0.829. The lowest BCUT2D eigenvalue weighted by Gasteiger charge is -1.99. The van der Waals surface area contributed by atoms with E-state index in [1.54, 1.807) is 18.6 Å². The highest BCUT2D eigenvalue weighted by Gasteiger charge is 1.98. The molecule has 0 spiro atoms. The third kappa shape index (κ3) is 2.20. The number of hydrogen-bond acceptors (Lipinski definition) is 3. The summed E-state index contributed by atoms with van der Waals surface area (Å²) >= 11 is 5.71. The first-order valence-corrected chi connectivity index (χ1v) is 3.52. The van der Waals surface area contributed by atoms with Crippen LogP contribution < -0.4 is 5.32 Å². The fourth-order valence-electron chi connectivity index (χ4n) is 0.637. The van der Waals surface area contributed by atoms with E-state index in [4.69, 9.17) is 11.6 Å². The molecular formula is C7H8ClN3. The van der Waals surface area contributed by atoms with Crippen LogP contribution in [0.5, 0.6) is 0 Å². The van der Waals surface area contributed by atoms with Crippen molar-refractivity contribution in [2.45, 2.75) is 6.54 Å². The van der Waals surface area contributed by atoms with Gasteiger partial charge in [0.1, 0.15) is 0 Å². The third-order valence-electron chi connectivity index (χ3n) is 1.14. The summed E-state index contributed by atoms with van der Waals surface area (Å²) in [6, 6.07) is 0. The minimum Gasteiger partial charge on any atom is -0.386 e. The summed E-state index contributed by atoms with van der Waals surface area (Å²) in [6.45, 7) is 4.07. The predicted molar refractivity (Wildman–Crippen MR) is 44.1 cm³/mol. The number of halogens is 1. The summed E-state index contributed by atoms with van der Waals surface area (Å²) in [5, 5.41) is 3.31. The van der Waals surface area contributed by atoms with Crippen molar-refractivity contribution >= 4 is 11.6 Å². The van der Waals surface area contributed by atoms with Crippen molar-refractivity contribution < 1.29 is 0 Å². The molecule has 0 aromatic carbocycles. The Morgan fingerprint density at radius 3 is 2.91 bits per heavy atom. The second-order valence-corrected chi connectivity index (χ2v) is 2.24. The molecule has 0 aliphatic carbocycles. The van der Waals surface area contributed by atoms with Gasteiger partial charge < -0.3 is 5.32 Å². The van der Waals surface area contributed by atoms with Gasteiger partial charge in [-0.25, -0.2) is 4.98 Å². The molecule has 11 heavy (non-hydrogen) atoms. The van der Waals surface area contributed by atoms with E-state index in [2.05, 4.69) is 21.9 Å². The van der Waals surface area contributed by atoms with Crippen LogP contribution in [-0.2, 0) is 6.54 Å². The molecule has 0 bridgehead atoms. The van der Waals surface area contributed by atoms with Gasteiger partial charge in [0.05, 0.1) is 12.2 Å². The molecule has 0 saturated heterocycles. The van der Waals surface area contributed by atoms with Gasteiger partial charge in [-0.3, -0.25) is 4.98 Å². The van der Waals surface area contributed by atoms with Crippen LogP contribution in [0.3, 0.4) is 0 Å². The van der Waals surface area contributed by atoms with E-state index >= 15 is 0 Å². The van der Waals surface area contributed by atoms with E-state index in [-0.39, 0.29) is 0 Å². The Morgan fingerprint density at radius 2 is 2.27 bits per heavy atom. The van der Waals surface area contributed by atoms with Gasteiger partial charge in [-0.2, -0.15) is 0 Å². The molecule has 1 heterocycles. The minimum absolute atomic E-state index is 0.432. The topological polar surface area (TPSA) is 37.8 Å². The van der Waals surface area contributed by atoms with Crippen molar-refractivity contribution in [3.63, 3.8) is 0 Å². The third-order valence-corrected chi connectivity index (χ3v) is 1.45. The quantitative estimate of drug-likeness (QED) is 0.743. The van der Waals surface area contributed by atoms with Gasteiger partial charge in [0.15, 0.2) is 5.15 Å². The molecule has 0 saturated carbocycles. The first kappa shape index (κ1) is 8.01. The van der Waals surface area contributed by atoms with Crippen molar-refractivity contribution in [2.75, 3.05) is 0 Å². The molecule has 0 unspecified atom stereocenters. The summed E-state index contributed by atoms with van der Waals surface area (Å²) in [5.74, 6) is 0. The Balaban J connectivity index is 2.69. The summed E-state index contributed by atoms with van der Waals surface area (Å²) in [4.78, 5) is 7.87. The summed E-state index contributed by atoms with van der Waals surface area (Å²) in [5.41, 5.74) is 0.731. The average molecular weight is 170 g/mol. The maximum absolute atomic E-state index is 5.71. The average Bonchev–Trinajstić information content (AvgIpc) is 2.03. The van der Waals surface area contributed by atoms with E-state index < -0.39 is 0 Å². The Labute approximate surface area is 70.1 Å². The lowest BCUT2D eigenvalue weighted by atomic mass is 10.4. The van der Waals surface area contributed by atoms with Gasteiger partial charge in [0.2, 0.25) is 0 Å². The van der Waals surface area contributed by atoms with Crippen LogP contribution in [0, 0.1) is 0 Å². The molecule has 1 N–H and O–H groups in total. The summed E-state index contributed by atoms with van der Waals surface area (Å²) in [7, 11) is 0. The maximum atomic E-state index is 5.71. The fraction of sp³-hybridized carbons (Fsp3) is 0.143. The lowest BCUT2D eigenvalue weighted by Crippen LogP contribution is -2.06. The molecule has 0 radical (unpaired) electrons. The zero-order valence-corrected chi connectivity index (χ0v) is 6.67. The van der Waals surface area contributed by atoms with Gasteiger partial charge in [-0.15, -0.1) is 0 Å². The van der Waals surface area contributed by atoms with Gasteiger partial charge in [0.25, 0.3) is 0 Å². The van der Waals surface area contributed by atoms with Gasteiger partial charge >= 0.3 is 0 Å². The molecule has 1 aromatic rings. The van der Waals surface area contributed by atoms with E-state index in [0.29, 0.717) is 11.7 Å². The van der Waals surface area contributed by atoms with E-state index in [1.165, 1.54) is 0 Å². The van der Waals surface area contributed by atoms with Crippen LogP contribution >= 0.6 is 11.6 Å². The van der Waals surface area contributed by atoms with Crippen molar-refractivity contribution in [1.82, 2.24) is 15.3 Å². The molecule has 0 aliphatic heterocycles. The second-order valence-electron chi connectivity index (χ2n) is 1.88.